The standard InChI is InChI=1S/C48H68N8O6.C43H60N8O4/c1-9-55-41-15-14-32-22-36(41)38(43(55)37-23-34(25-49-42(37)31(2)3)54-19-18-53-20-21-60-29-35(53)27-54)24-48(7,8)30-61-45(58)39-13-11-17-56(51-39)44(57)40(50-46(59)62-47(4,5)6)28-52-16-10-12-33(32)26-52;1-6-50-38-12-11-29-19-33(38)35(40(50)34-20-31(22-45-39(34)28(2)3)49-16-15-48-17-18-54-26-32(48)24-49)21-43(4,5)27-55-42(53)37-10-8-14-51(46-37)41(52)36(44)25-47-13-7-9-30(29)23-47/h12,14-15,22-23,25,31,35,39-40,51H,9-11,13,16-21,24,26-30H2,1-8H3,(H,50,59);9,11-12,19-20,22,28,32,36-37,46H,6-8,10,13-18,21,23-27,44H2,1-5H3/t35-,39-,40-;32-,36-,37-/m00/s1. The molecule has 12 bridgehead atoms. The van der Waals surface area contributed by atoms with Crippen LogP contribution < -0.4 is 31.7 Å². The molecule has 8 atom stereocenters. The zero-order chi connectivity index (χ0) is 82.4. The molecule has 2 aromatic carbocycles. The van der Waals surface area contributed by atoms with Crippen molar-refractivity contribution in [1.82, 2.24) is 64.9 Å². The number of alkyl carbamates (subject to hydrolysis) is 1. The molecule has 0 aliphatic carbocycles. The molecule has 16 rings (SSSR count). The number of piperazine rings is 2. The minimum absolute atomic E-state index is 0.181. The van der Waals surface area contributed by atoms with Gasteiger partial charge in [0, 0.05) is 162 Å². The number of nitrogens with zero attached hydrogens (tertiary/aromatic N) is 12. The zero-order valence-electron chi connectivity index (χ0n) is 71.7. The highest BCUT2D eigenvalue weighted by Gasteiger charge is 2.41. The number of ether oxygens (including phenoxy) is 5. The molecule has 4 aromatic heterocycles. The summed E-state index contributed by atoms with van der Waals surface area (Å²) in [6.07, 6.45) is 13.7. The highest BCUT2D eigenvalue weighted by atomic mass is 16.6. The number of carbonyl (C=O) groups excluding carboxylic acids is 5. The first-order valence-electron chi connectivity index (χ1n) is 43.6. The average molecular weight is 1610 g/mol. The van der Waals surface area contributed by atoms with Crippen LogP contribution in [-0.4, -0.2) is 265 Å². The average Bonchev–Trinajstić information content (AvgIpc) is 1.59. The van der Waals surface area contributed by atoms with Gasteiger partial charge < -0.3 is 53.7 Å². The van der Waals surface area contributed by atoms with E-state index in [1.807, 2.05) is 0 Å². The maximum atomic E-state index is 14.3. The van der Waals surface area contributed by atoms with Crippen molar-refractivity contribution >= 4 is 74.2 Å². The van der Waals surface area contributed by atoms with E-state index in [9.17, 15) is 24.0 Å². The van der Waals surface area contributed by atoms with Gasteiger partial charge in [-0.15, -0.1) is 0 Å². The van der Waals surface area contributed by atoms with Crippen LogP contribution in [0.4, 0.5) is 16.2 Å². The van der Waals surface area contributed by atoms with E-state index in [2.05, 4.69) is 197 Å². The Labute approximate surface area is 691 Å². The van der Waals surface area contributed by atoms with Crippen molar-refractivity contribution in [3.63, 3.8) is 0 Å². The minimum Gasteiger partial charge on any atom is -0.464 e. The largest absolute Gasteiger partial charge is 0.464 e. The molecule has 3 amide bonds. The molecule has 632 valence electrons. The van der Waals surface area contributed by atoms with Gasteiger partial charge in [-0.2, -0.15) is 0 Å². The van der Waals surface area contributed by atoms with Gasteiger partial charge in [-0.05, 0) is 168 Å². The lowest BCUT2D eigenvalue weighted by Crippen LogP contribution is -2.62. The van der Waals surface area contributed by atoms with E-state index in [1.165, 1.54) is 66.1 Å². The molecule has 14 heterocycles. The number of hydrogen-bond donors (Lipinski definition) is 4. The maximum Gasteiger partial charge on any atom is 0.408 e. The number of esters is 2. The van der Waals surface area contributed by atoms with Crippen molar-refractivity contribution < 1.29 is 47.7 Å². The quantitative estimate of drug-likeness (QED) is 0.0775. The number of fused-ring (bicyclic) bond motifs is 14. The summed E-state index contributed by atoms with van der Waals surface area (Å²) in [7, 11) is 0. The first kappa shape index (κ1) is 83.7. The third-order valence-electron chi connectivity index (χ3n) is 25.4. The second kappa shape index (κ2) is 35.2. The Balaban J connectivity index is 0.000000185. The number of nitrogens with one attached hydrogen (secondary N) is 3. The number of aromatic nitrogens is 4. The van der Waals surface area contributed by atoms with Crippen molar-refractivity contribution in [2.75, 3.05) is 154 Å². The van der Waals surface area contributed by atoms with Gasteiger partial charge in [0.2, 0.25) is 0 Å². The van der Waals surface area contributed by atoms with Crippen molar-refractivity contribution in [2.24, 2.45) is 16.6 Å². The molecule has 26 heteroatoms. The number of anilines is 2. The summed E-state index contributed by atoms with van der Waals surface area (Å²) in [5.41, 5.74) is 30.0. The smallest absolute Gasteiger partial charge is 0.408 e. The number of benzene rings is 2. The molecule has 117 heavy (non-hydrogen) atoms. The van der Waals surface area contributed by atoms with Gasteiger partial charge in [-0.3, -0.25) is 58.8 Å². The van der Waals surface area contributed by atoms with Crippen LogP contribution >= 0.6 is 0 Å². The Morgan fingerprint density at radius 2 is 1.06 bits per heavy atom. The van der Waals surface area contributed by atoms with E-state index in [4.69, 9.17) is 39.4 Å². The van der Waals surface area contributed by atoms with Gasteiger partial charge in [0.05, 0.1) is 104 Å². The highest BCUT2D eigenvalue weighted by Crippen LogP contribution is 2.46. The van der Waals surface area contributed by atoms with Crippen LogP contribution in [0.1, 0.15) is 174 Å². The number of aryl methyl sites for hydroxylation is 2. The number of amides is 3. The minimum atomic E-state index is -0.904. The SMILES string of the molecule is CCn1c(-c2cc(N3CCN4CCOC[C@@H]4C3)cnc2C(C)C)c2c3cc(ccc31)C1=CCCN(C1)C[C@H](N)C(=O)N1CCC[C@H](N1)C(=O)OCC(C)(C)C2.CCn1c(-c2cc(N3CCN4CCOC[C@@H]4C3)cnc2C(C)C)c2c3cc(ccc31)C1=CCCN(C1)C[C@H](NC(=O)OC(C)(C)C)C(=O)N1CCC[C@H](N1)C(=O)OCC(C)(C)C2. The number of morpholine rings is 2. The molecule has 0 radical (unpaired) electrons. The third kappa shape index (κ3) is 18.5. The van der Waals surface area contributed by atoms with Gasteiger partial charge >= 0.3 is 18.0 Å². The van der Waals surface area contributed by atoms with Gasteiger partial charge in [0.25, 0.3) is 11.8 Å². The van der Waals surface area contributed by atoms with E-state index in [0.29, 0.717) is 76.8 Å². The molecular formula is C91H128N16O10. The Morgan fingerprint density at radius 3 is 1.51 bits per heavy atom. The summed E-state index contributed by atoms with van der Waals surface area (Å²) < 4.78 is 34.7. The van der Waals surface area contributed by atoms with Crippen molar-refractivity contribution in [3.05, 3.63) is 107 Å². The van der Waals surface area contributed by atoms with Crippen molar-refractivity contribution in [2.45, 2.75) is 208 Å². The number of hydrazine groups is 2. The third-order valence-corrected chi connectivity index (χ3v) is 25.4. The Morgan fingerprint density at radius 1 is 0.598 bits per heavy atom. The lowest BCUT2D eigenvalue weighted by atomic mass is 9.83. The normalized spacial score (nSPS) is 25.9. The molecule has 2 unspecified atom stereocenters. The second-order valence-electron chi connectivity index (χ2n) is 37.4. The predicted molar refractivity (Wildman–Crippen MR) is 458 cm³/mol. The second-order valence-corrected chi connectivity index (χ2v) is 37.4. The van der Waals surface area contributed by atoms with Gasteiger partial charge in [-0.1, -0.05) is 79.7 Å². The first-order chi connectivity index (χ1) is 56.1. The number of nitrogens with two attached hydrogens (primary N) is 1. The number of hydrogen-bond acceptors (Lipinski definition) is 21. The van der Waals surface area contributed by atoms with Crippen LogP contribution in [0.2, 0.25) is 0 Å². The Bertz CT molecular complexity index is 4730. The van der Waals surface area contributed by atoms with E-state index >= 15 is 0 Å². The molecule has 6 fully saturated rings. The van der Waals surface area contributed by atoms with Gasteiger partial charge in [0.15, 0.2) is 0 Å². The first-order valence-corrected chi connectivity index (χ1v) is 43.6. The molecule has 6 saturated heterocycles. The zero-order valence-corrected chi connectivity index (χ0v) is 71.7. The van der Waals surface area contributed by atoms with Gasteiger partial charge in [-0.25, -0.2) is 15.6 Å². The lowest BCUT2D eigenvalue weighted by molar-refractivity contribution is -0.156. The number of carbonyl (C=O) groups is 5. The van der Waals surface area contributed by atoms with Crippen LogP contribution in [0.25, 0.3) is 55.5 Å². The molecule has 10 aliphatic rings. The number of pyridine rings is 2. The summed E-state index contributed by atoms with van der Waals surface area (Å²) in [6, 6.07) is 16.4. The molecule has 6 aromatic rings. The summed E-state index contributed by atoms with van der Waals surface area (Å²) in [5.74, 6) is -0.810. The summed E-state index contributed by atoms with van der Waals surface area (Å²) >= 11 is 0. The summed E-state index contributed by atoms with van der Waals surface area (Å²) in [5, 5.41) is 8.32. The maximum absolute atomic E-state index is 14.3. The van der Waals surface area contributed by atoms with Crippen LogP contribution in [-0.2, 0) is 68.8 Å². The van der Waals surface area contributed by atoms with Crippen LogP contribution in [0.3, 0.4) is 0 Å². The van der Waals surface area contributed by atoms with Crippen LogP contribution in [0.5, 0.6) is 0 Å². The molecule has 5 N–H and O–H groups in total. The Hall–Kier alpha value is -8.31. The molecule has 0 spiro atoms. The summed E-state index contributed by atoms with van der Waals surface area (Å²) in [6.45, 7) is 44.9. The molecule has 10 aliphatic heterocycles. The fourth-order valence-electron chi connectivity index (χ4n) is 19.4. The fourth-order valence-corrected chi connectivity index (χ4v) is 19.4. The van der Waals surface area contributed by atoms with E-state index in [0.717, 1.165) is 164 Å². The topological polar surface area (TPSA) is 255 Å². The predicted octanol–water partition coefficient (Wildman–Crippen LogP) is 10.4. The van der Waals surface area contributed by atoms with Crippen molar-refractivity contribution in [1.29, 1.82) is 0 Å². The lowest BCUT2D eigenvalue weighted by Gasteiger charge is -2.44. The van der Waals surface area contributed by atoms with E-state index in [-0.39, 0.29) is 55.3 Å². The van der Waals surface area contributed by atoms with E-state index < -0.39 is 46.7 Å². The van der Waals surface area contributed by atoms with Crippen molar-refractivity contribution in [3.8, 4) is 22.5 Å². The van der Waals surface area contributed by atoms with Gasteiger partial charge in [0.1, 0.15) is 23.7 Å². The fraction of sp³-hybridized carbons (Fsp3) is 0.615. The summed E-state index contributed by atoms with van der Waals surface area (Å²) in [4.78, 5) is 93.5. The van der Waals surface area contributed by atoms with E-state index in [1.54, 1.807) is 25.8 Å². The molecule has 26 nitrogen and oxygen atoms in total. The number of rotatable bonds is 9. The van der Waals surface area contributed by atoms with Crippen LogP contribution in [0.15, 0.2) is 73.1 Å². The molecule has 0 saturated carbocycles. The Kier molecular flexibility index (Phi) is 25.2. The number of cyclic esters (lactones) is 2. The highest BCUT2D eigenvalue weighted by molar-refractivity contribution is 5.97. The van der Waals surface area contributed by atoms with Crippen LogP contribution in [0, 0.1) is 10.8 Å². The monoisotopic (exact) mass is 1600 g/mol. The molecular weight excluding hydrogens is 1480 g/mol.